The van der Waals surface area contributed by atoms with Gasteiger partial charge in [-0.3, -0.25) is 4.90 Å². The number of likely N-dealkylation sites (tertiary alicyclic amines) is 1. The highest BCUT2D eigenvalue weighted by Crippen LogP contribution is 2.51. The first-order valence-electron chi connectivity index (χ1n) is 9.43. The van der Waals surface area contributed by atoms with E-state index in [-0.39, 0.29) is 6.03 Å². The highest BCUT2D eigenvalue weighted by atomic mass is 19.4. The number of carboxylic acids is 1. The fourth-order valence-corrected chi connectivity index (χ4v) is 4.11. The molecule has 0 bridgehead atoms. The van der Waals surface area contributed by atoms with Gasteiger partial charge < -0.3 is 14.9 Å². The van der Waals surface area contributed by atoms with E-state index in [4.69, 9.17) is 9.90 Å². The second kappa shape index (κ2) is 8.61. The maximum atomic E-state index is 12.3. The van der Waals surface area contributed by atoms with Gasteiger partial charge in [0, 0.05) is 51.1 Å². The van der Waals surface area contributed by atoms with Crippen molar-refractivity contribution in [1.29, 1.82) is 0 Å². The van der Waals surface area contributed by atoms with Crippen LogP contribution in [0.15, 0.2) is 24.3 Å². The summed E-state index contributed by atoms with van der Waals surface area (Å²) in [5, 5.41) is 7.12. The Morgan fingerprint density at radius 1 is 1.10 bits per heavy atom. The monoisotopic (exact) mass is 415 g/mol. The fourth-order valence-electron chi connectivity index (χ4n) is 4.11. The summed E-state index contributed by atoms with van der Waals surface area (Å²) in [4.78, 5) is 27.4. The lowest BCUT2D eigenvalue weighted by molar-refractivity contribution is -0.192. The fraction of sp³-hybridized carbons (Fsp3) is 0.600. The maximum absolute atomic E-state index is 12.3. The molecule has 1 aliphatic heterocycles. The number of halogens is 3. The molecule has 2 amide bonds. The average Bonchev–Trinajstić information content (AvgIpc) is 3.17. The molecule has 29 heavy (non-hydrogen) atoms. The number of alkyl halides is 3. The average molecular weight is 415 g/mol. The summed E-state index contributed by atoms with van der Waals surface area (Å²) in [6.45, 7) is 6.19. The van der Waals surface area contributed by atoms with E-state index in [0.717, 1.165) is 13.1 Å². The number of rotatable bonds is 2. The molecular formula is C20H28F3N3O3. The van der Waals surface area contributed by atoms with Crippen LogP contribution in [0.4, 0.5) is 18.0 Å². The van der Waals surface area contributed by atoms with E-state index in [1.54, 1.807) is 4.90 Å². The molecule has 0 saturated carbocycles. The first-order valence-corrected chi connectivity index (χ1v) is 9.43. The van der Waals surface area contributed by atoms with Crippen LogP contribution in [0.25, 0.3) is 0 Å². The zero-order valence-corrected chi connectivity index (χ0v) is 17.3. The van der Waals surface area contributed by atoms with E-state index in [9.17, 15) is 18.0 Å². The second-order valence-corrected chi connectivity index (χ2v) is 7.99. The smallest absolute Gasteiger partial charge is 0.475 e. The van der Waals surface area contributed by atoms with Gasteiger partial charge in [0.25, 0.3) is 0 Å². The zero-order chi connectivity index (χ0) is 22.1. The van der Waals surface area contributed by atoms with E-state index in [1.165, 1.54) is 11.1 Å². The quantitative estimate of drug-likeness (QED) is 0.804. The number of fused-ring (bicyclic) bond motifs is 3. The molecule has 3 rings (SSSR count). The third-order valence-corrected chi connectivity index (χ3v) is 5.63. The molecule has 0 radical (unpaired) electrons. The number of aliphatic carboxylic acids is 1. The predicted molar refractivity (Wildman–Crippen MR) is 103 cm³/mol. The number of urea groups is 1. The standard InChI is InChI=1S/C18H27N3O.C2HF3O2/c1-12(2)20(5)17-14-9-7-6-8-13(14)15-10-21(11-16(15)17)18(22)19(3)4;3-2(4,5)1(6)7/h6-9,12,15-17H,10-11H2,1-5H3;(H,6,7)/t15-,16-,17-;/m0./s1. The third-order valence-electron chi connectivity index (χ3n) is 5.63. The Labute approximate surface area is 168 Å². The van der Waals surface area contributed by atoms with E-state index in [0.29, 0.717) is 23.9 Å². The molecule has 1 heterocycles. The van der Waals surface area contributed by atoms with Crippen LogP contribution in [0.3, 0.4) is 0 Å². The first-order chi connectivity index (χ1) is 13.4. The summed E-state index contributed by atoms with van der Waals surface area (Å²) in [5.41, 5.74) is 2.91. The van der Waals surface area contributed by atoms with Crippen LogP contribution in [-0.4, -0.2) is 78.3 Å². The van der Waals surface area contributed by atoms with Crippen molar-refractivity contribution in [1.82, 2.24) is 14.7 Å². The Hall–Kier alpha value is -2.29. The summed E-state index contributed by atoms with van der Waals surface area (Å²) in [6.07, 6.45) is -5.08. The van der Waals surface area contributed by atoms with Gasteiger partial charge in [-0.25, -0.2) is 9.59 Å². The first kappa shape index (κ1) is 23.0. The van der Waals surface area contributed by atoms with E-state index in [2.05, 4.69) is 50.1 Å². The largest absolute Gasteiger partial charge is 0.490 e. The van der Waals surface area contributed by atoms with Crippen LogP contribution in [0.5, 0.6) is 0 Å². The van der Waals surface area contributed by atoms with Gasteiger partial charge in [0.05, 0.1) is 0 Å². The van der Waals surface area contributed by atoms with Gasteiger partial charge in [0.15, 0.2) is 0 Å². The second-order valence-electron chi connectivity index (χ2n) is 7.99. The molecule has 0 unspecified atom stereocenters. The topological polar surface area (TPSA) is 64.1 Å². The van der Waals surface area contributed by atoms with Crippen LogP contribution in [0.2, 0.25) is 0 Å². The molecule has 3 atom stereocenters. The van der Waals surface area contributed by atoms with E-state index in [1.807, 2.05) is 19.0 Å². The molecule has 1 aromatic carbocycles. The third kappa shape index (κ3) is 4.83. The normalized spacial score (nSPS) is 22.8. The van der Waals surface area contributed by atoms with Crippen molar-refractivity contribution < 1.29 is 27.9 Å². The van der Waals surface area contributed by atoms with Crippen LogP contribution >= 0.6 is 0 Å². The number of benzene rings is 1. The number of carbonyl (C=O) groups is 2. The van der Waals surface area contributed by atoms with Gasteiger partial charge in [-0.2, -0.15) is 13.2 Å². The van der Waals surface area contributed by atoms with Gasteiger partial charge in [-0.15, -0.1) is 0 Å². The molecule has 162 valence electrons. The lowest BCUT2D eigenvalue weighted by Gasteiger charge is -2.33. The molecule has 2 aliphatic rings. The van der Waals surface area contributed by atoms with Gasteiger partial charge in [-0.05, 0) is 32.0 Å². The van der Waals surface area contributed by atoms with Crippen molar-refractivity contribution >= 4 is 12.0 Å². The van der Waals surface area contributed by atoms with Crippen molar-refractivity contribution in [2.75, 3.05) is 34.2 Å². The van der Waals surface area contributed by atoms with E-state index >= 15 is 0 Å². The maximum Gasteiger partial charge on any atom is 0.490 e. The molecule has 1 saturated heterocycles. The molecule has 1 N–H and O–H groups in total. The number of carbonyl (C=O) groups excluding carboxylic acids is 1. The van der Waals surface area contributed by atoms with Gasteiger partial charge in [0.1, 0.15) is 0 Å². The number of hydrogen-bond acceptors (Lipinski definition) is 3. The van der Waals surface area contributed by atoms with Crippen molar-refractivity contribution in [3.05, 3.63) is 35.4 Å². The lowest BCUT2D eigenvalue weighted by atomic mass is 9.93. The Morgan fingerprint density at radius 3 is 2.07 bits per heavy atom. The molecule has 0 aromatic heterocycles. The minimum Gasteiger partial charge on any atom is -0.475 e. The van der Waals surface area contributed by atoms with E-state index < -0.39 is 12.1 Å². The molecule has 1 fully saturated rings. The molecule has 1 aromatic rings. The van der Waals surface area contributed by atoms with Crippen LogP contribution in [0, 0.1) is 5.92 Å². The van der Waals surface area contributed by atoms with Crippen LogP contribution in [-0.2, 0) is 4.79 Å². The number of carboxylic acid groups (broad SMARTS) is 1. The highest BCUT2D eigenvalue weighted by Gasteiger charge is 2.49. The SMILES string of the molecule is CC(C)N(C)[C@H]1c2ccccc2[C@@H]2CN(C(=O)N(C)C)C[C@@H]21.O=C(O)C(F)(F)F. The van der Waals surface area contributed by atoms with Crippen LogP contribution < -0.4 is 0 Å². The summed E-state index contributed by atoms with van der Waals surface area (Å²) >= 11 is 0. The number of nitrogens with zero attached hydrogens (tertiary/aromatic N) is 3. The van der Waals surface area contributed by atoms with Gasteiger partial charge in [0.2, 0.25) is 0 Å². The molecular weight excluding hydrogens is 387 g/mol. The minimum absolute atomic E-state index is 0.137. The van der Waals surface area contributed by atoms with Crippen molar-refractivity contribution in [2.45, 2.75) is 38.0 Å². The van der Waals surface area contributed by atoms with Crippen molar-refractivity contribution in [3.8, 4) is 0 Å². The Balaban J connectivity index is 0.000000370. The molecule has 0 spiro atoms. The summed E-state index contributed by atoms with van der Waals surface area (Å²) in [5.74, 6) is -1.77. The molecule has 9 heteroatoms. The van der Waals surface area contributed by atoms with Gasteiger partial charge >= 0.3 is 18.2 Å². The van der Waals surface area contributed by atoms with Crippen LogP contribution in [0.1, 0.15) is 36.9 Å². The Morgan fingerprint density at radius 2 is 1.62 bits per heavy atom. The summed E-state index contributed by atoms with van der Waals surface area (Å²) < 4.78 is 31.7. The lowest BCUT2D eigenvalue weighted by Crippen LogP contribution is -2.40. The Kier molecular flexibility index (Phi) is 6.82. The molecule has 6 nitrogen and oxygen atoms in total. The number of hydrogen-bond donors (Lipinski definition) is 1. The van der Waals surface area contributed by atoms with Gasteiger partial charge in [-0.1, -0.05) is 24.3 Å². The minimum atomic E-state index is -5.08. The molecule has 1 aliphatic carbocycles. The highest BCUT2D eigenvalue weighted by molar-refractivity contribution is 5.74. The van der Waals surface area contributed by atoms with Crippen molar-refractivity contribution in [3.63, 3.8) is 0 Å². The zero-order valence-electron chi connectivity index (χ0n) is 17.3. The summed E-state index contributed by atoms with van der Waals surface area (Å²) in [6, 6.07) is 9.85. The summed E-state index contributed by atoms with van der Waals surface area (Å²) in [7, 11) is 5.88. The Bertz CT molecular complexity index is 752. The van der Waals surface area contributed by atoms with Crippen molar-refractivity contribution in [2.24, 2.45) is 5.92 Å². The predicted octanol–water partition coefficient (Wildman–Crippen LogP) is 3.41. The number of amides is 2.